The third-order valence-electron chi connectivity index (χ3n) is 2.98. The molecular formula is C16H16N2O4. The van der Waals surface area contributed by atoms with Gasteiger partial charge in [0.1, 0.15) is 11.5 Å². The molecule has 0 aliphatic carbocycles. The molecule has 0 radical (unpaired) electrons. The molecule has 0 atom stereocenters. The molecule has 0 amide bonds. The zero-order valence-electron chi connectivity index (χ0n) is 12.2. The minimum atomic E-state index is -1.02. The van der Waals surface area contributed by atoms with Gasteiger partial charge in [-0.2, -0.15) is 5.10 Å². The molecular weight excluding hydrogens is 284 g/mol. The number of hydrogen-bond donors (Lipinski definition) is 2. The van der Waals surface area contributed by atoms with Crippen LogP contribution in [-0.4, -0.2) is 31.5 Å². The minimum absolute atomic E-state index is 0.150. The maximum atomic E-state index is 11.1. The lowest BCUT2D eigenvalue weighted by Gasteiger charge is -2.07. The number of benzene rings is 2. The Balaban J connectivity index is 2.21. The van der Waals surface area contributed by atoms with Crippen LogP contribution in [-0.2, 0) is 0 Å². The van der Waals surface area contributed by atoms with Crippen molar-refractivity contribution in [2.24, 2.45) is 5.10 Å². The minimum Gasteiger partial charge on any atom is -0.497 e. The van der Waals surface area contributed by atoms with Gasteiger partial charge in [-0.15, -0.1) is 0 Å². The summed E-state index contributed by atoms with van der Waals surface area (Å²) < 4.78 is 10.4. The number of anilines is 1. The van der Waals surface area contributed by atoms with Gasteiger partial charge < -0.3 is 14.6 Å². The number of carbonyl (C=O) groups is 1. The molecule has 0 spiro atoms. The van der Waals surface area contributed by atoms with Gasteiger partial charge in [-0.1, -0.05) is 12.1 Å². The smallest absolute Gasteiger partial charge is 0.337 e. The van der Waals surface area contributed by atoms with Gasteiger partial charge in [0.05, 0.1) is 31.7 Å². The number of nitrogens with one attached hydrogen (secondary N) is 1. The second-order valence-corrected chi connectivity index (χ2v) is 4.33. The molecule has 6 nitrogen and oxygen atoms in total. The number of carboxylic acids is 1. The van der Waals surface area contributed by atoms with Crippen LogP contribution in [0.1, 0.15) is 15.9 Å². The Morgan fingerprint density at radius 2 is 1.95 bits per heavy atom. The molecule has 0 fully saturated rings. The molecule has 2 aromatic rings. The summed E-state index contributed by atoms with van der Waals surface area (Å²) in [5.41, 5.74) is 3.99. The van der Waals surface area contributed by atoms with Crippen LogP contribution in [0.25, 0.3) is 0 Å². The van der Waals surface area contributed by atoms with Crippen molar-refractivity contribution >= 4 is 17.9 Å². The first-order chi connectivity index (χ1) is 10.7. The highest BCUT2D eigenvalue weighted by Crippen LogP contribution is 2.22. The molecule has 0 aliphatic rings. The van der Waals surface area contributed by atoms with Crippen LogP contribution < -0.4 is 14.9 Å². The van der Waals surface area contributed by atoms with E-state index in [2.05, 4.69) is 10.5 Å². The molecule has 0 aromatic heterocycles. The largest absolute Gasteiger partial charge is 0.497 e. The summed E-state index contributed by atoms with van der Waals surface area (Å²) in [6, 6.07) is 11.9. The van der Waals surface area contributed by atoms with Crippen molar-refractivity contribution in [3.05, 3.63) is 53.6 Å². The van der Waals surface area contributed by atoms with E-state index in [-0.39, 0.29) is 5.56 Å². The van der Waals surface area contributed by atoms with Gasteiger partial charge in [0.25, 0.3) is 0 Å². The van der Waals surface area contributed by atoms with Crippen LogP contribution in [0.4, 0.5) is 5.69 Å². The molecule has 0 heterocycles. The van der Waals surface area contributed by atoms with Gasteiger partial charge in [0, 0.05) is 5.56 Å². The quantitative estimate of drug-likeness (QED) is 0.633. The van der Waals surface area contributed by atoms with Gasteiger partial charge >= 0.3 is 5.97 Å². The fourth-order valence-corrected chi connectivity index (χ4v) is 1.88. The van der Waals surface area contributed by atoms with Gasteiger partial charge in [-0.3, -0.25) is 5.43 Å². The Kier molecular flexibility index (Phi) is 4.98. The number of methoxy groups -OCH3 is 2. The van der Waals surface area contributed by atoms with E-state index in [1.54, 1.807) is 56.8 Å². The van der Waals surface area contributed by atoms with E-state index in [0.717, 1.165) is 0 Å². The number of hydrogen-bond acceptors (Lipinski definition) is 5. The van der Waals surface area contributed by atoms with Gasteiger partial charge in [-0.05, 0) is 30.3 Å². The van der Waals surface area contributed by atoms with Crippen LogP contribution in [0.3, 0.4) is 0 Å². The van der Waals surface area contributed by atoms with Gasteiger partial charge in [0.2, 0.25) is 0 Å². The average Bonchev–Trinajstić information content (AvgIpc) is 2.55. The SMILES string of the molecule is COc1ccc(OC)c(/C=N/Nc2ccccc2C(=O)O)c1. The highest BCUT2D eigenvalue weighted by molar-refractivity contribution is 5.94. The summed E-state index contributed by atoms with van der Waals surface area (Å²) in [6.45, 7) is 0. The number of ether oxygens (including phenoxy) is 2. The van der Waals surface area contributed by atoms with Crippen molar-refractivity contribution < 1.29 is 19.4 Å². The number of para-hydroxylation sites is 1. The Bertz CT molecular complexity index is 698. The van der Waals surface area contributed by atoms with Crippen molar-refractivity contribution in [2.75, 3.05) is 19.6 Å². The van der Waals surface area contributed by atoms with Crippen LogP contribution in [0.5, 0.6) is 11.5 Å². The maximum Gasteiger partial charge on any atom is 0.337 e. The van der Waals surface area contributed by atoms with E-state index in [0.29, 0.717) is 22.7 Å². The fraction of sp³-hybridized carbons (Fsp3) is 0.125. The molecule has 0 saturated heterocycles. The summed E-state index contributed by atoms with van der Waals surface area (Å²) in [5.74, 6) is 0.295. The van der Waals surface area contributed by atoms with Crippen molar-refractivity contribution in [1.29, 1.82) is 0 Å². The second kappa shape index (κ2) is 7.12. The number of aromatic carboxylic acids is 1. The van der Waals surface area contributed by atoms with E-state index in [1.165, 1.54) is 6.07 Å². The third-order valence-corrected chi connectivity index (χ3v) is 2.98. The molecule has 114 valence electrons. The van der Waals surface area contributed by atoms with E-state index >= 15 is 0 Å². The lowest BCUT2D eigenvalue weighted by atomic mass is 10.2. The Hall–Kier alpha value is -3.02. The van der Waals surface area contributed by atoms with Gasteiger partial charge in [0.15, 0.2) is 0 Å². The summed E-state index contributed by atoms with van der Waals surface area (Å²) in [6.07, 6.45) is 1.54. The molecule has 6 heteroatoms. The van der Waals surface area contributed by atoms with Crippen LogP contribution in [0.15, 0.2) is 47.6 Å². The average molecular weight is 300 g/mol. The molecule has 2 N–H and O–H groups in total. The number of carboxylic acid groups (broad SMARTS) is 1. The van der Waals surface area contributed by atoms with E-state index in [9.17, 15) is 4.79 Å². The molecule has 0 saturated carbocycles. The summed E-state index contributed by atoms with van der Waals surface area (Å²) in [4.78, 5) is 11.1. The predicted octanol–water partition coefficient (Wildman–Crippen LogP) is 2.85. The van der Waals surface area contributed by atoms with E-state index < -0.39 is 5.97 Å². The van der Waals surface area contributed by atoms with Crippen LogP contribution in [0, 0.1) is 0 Å². The van der Waals surface area contributed by atoms with E-state index in [4.69, 9.17) is 14.6 Å². The van der Waals surface area contributed by atoms with Crippen LogP contribution >= 0.6 is 0 Å². The third kappa shape index (κ3) is 3.54. The molecule has 2 rings (SSSR count). The number of rotatable bonds is 6. The number of hydrazone groups is 1. The Morgan fingerprint density at radius 1 is 1.18 bits per heavy atom. The van der Waals surface area contributed by atoms with E-state index in [1.807, 2.05) is 0 Å². The zero-order chi connectivity index (χ0) is 15.9. The van der Waals surface area contributed by atoms with Crippen molar-refractivity contribution in [2.45, 2.75) is 0 Å². The fourth-order valence-electron chi connectivity index (χ4n) is 1.88. The molecule has 0 unspecified atom stereocenters. The predicted molar refractivity (Wildman–Crippen MR) is 84.2 cm³/mol. The highest BCUT2D eigenvalue weighted by Gasteiger charge is 2.08. The Labute approximate surface area is 128 Å². The molecule has 2 aromatic carbocycles. The first-order valence-electron chi connectivity index (χ1n) is 6.49. The first kappa shape index (κ1) is 15.4. The molecule has 0 aliphatic heterocycles. The monoisotopic (exact) mass is 300 g/mol. The first-order valence-corrected chi connectivity index (χ1v) is 6.49. The maximum absolute atomic E-state index is 11.1. The standard InChI is InChI=1S/C16H16N2O4/c1-21-12-7-8-15(22-2)11(9-12)10-17-18-14-6-4-3-5-13(14)16(19)20/h3-10,18H,1-2H3,(H,19,20)/b17-10+. The highest BCUT2D eigenvalue weighted by atomic mass is 16.5. The lowest BCUT2D eigenvalue weighted by Crippen LogP contribution is -2.02. The molecule has 0 bridgehead atoms. The number of nitrogens with zero attached hydrogens (tertiary/aromatic N) is 1. The van der Waals surface area contributed by atoms with Crippen molar-refractivity contribution in [3.63, 3.8) is 0 Å². The summed E-state index contributed by atoms with van der Waals surface area (Å²) in [7, 11) is 3.14. The lowest BCUT2D eigenvalue weighted by molar-refractivity contribution is 0.0698. The second-order valence-electron chi connectivity index (χ2n) is 4.33. The molecule has 22 heavy (non-hydrogen) atoms. The van der Waals surface area contributed by atoms with Gasteiger partial charge in [-0.25, -0.2) is 4.79 Å². The van der Waals surface area contributed by atoms with Crippen molar-refractivity contribution in [3.8, 4) is 11.5 Å². The normalized spacial score (nSPS) is 10.5. The summed E-state index contributed by atoms with van der Waals surface area (Å²) >= 11 is 0. The van der Waals surface area contributed by atoms with Crippen LogP contribution in [0.2, 0.25) is 0 Å². The summed E-state index contributed by atoms with van der Waals surface area (Å²) in [5, 5.41) is 13.2. The van der Waals surface area contributed by atoms with Crippen molar-refractivity contribution in [1.82, 2.24) is 0 Å². The zero-order valence-corrected chi connectivity index (χ0v) is 12.2. The Morgan fingerprint density at radius 3 is 2.64 bits per heavy atom. The topological polar surface area (TPSA) is 80.2 Å².